The molecule has 9 heteroatoms. The van der Waals surface area contributed by atoms with E-state index in [0.717, 1.165) is 0 Å². The number of nitrogens with zero attached hydrogens (tertiary/aromatic N) is 2. The molecule has 2 fully saturated rings. The standard InChI is InChI=1S/C16H22N2O5S2/c1-13(19)18-11-12-24(20,21)16-8-10-17(9-7-15(16)18)25(22,23)14-5-3-2-4-6-14/h2-6,15-16H,7-12H2,1H3/t15-,16+/m0/s1. The lowest BCUT2D eigenvalue weighted by Gasteiger charge is -2.39. The van der Waals surface area contributed by atoms with Crippen LogP contribution in [0.3, 0.4) is 0 Å². The number of amides is 1. The predicted molar refractivity (Wildman–Crippen MR) is 93.2 cm³/mol. The van der Waals surface area contributed by atoms with Crippen LogP contribution in [-0.2, 0) is 24.7 Å². The number of sulfonamides is 1. The number of benzene rings is 1. The summed E-state index contributed by atoms with van der Waals surface area (Å²) >= 11 is 0. The number of hydrogen-bond donors (Lipinski definition) is 0. The van der Waals surface area contributed by atoms with E-state index in [0.29, 0.717) is 6.42 Å². The van der Waals surface area contributed by atoms with Crippen LogP contribution in [0.25, 0.3) is 0 Å². The zero-order valence-corrected chi connectivity index (χ0v) is 15.7. The Morgan fingerprint density at radius 3 is 2.36 bits per heavy atom. The Morgan fingerprint density at radius 1 is 1.08 bits per heavy atom. The molecule has 25 heavy (non-hydrogen) atoms. The highest BCUT2D eigenvalue weighted by Gasteiger charge is 2.45. The van der Waals surface area contributed by atoms with Crippen molar-refractivity contribution in [2.75, 3.05) is 25.4 Å². The third-order valence-corrected chi connectivity index (χ3v) is 9.17. The number of fused-ring (bicyclic) bond motifs is 1. The lowest BCUT2D eigenvalue weighted by atomic mass is 10.1. The van der Waals surface area contributed by atoms with Gasteiger partial charge in [0.25, 0.3) is 0 Å². The van der Waals surface area contributed by atoms with Gasteiger partial charge in [-0.2, -0.15) is 4.31 Å². The van der Waals surface area contributed by atoms with Crippen LogP contribution in [0, 0.1) is 0 Å². The molecule has 1 aromatic carbocycles. The number of sulfone groups is 1. The van der Waals surface area contributed by atoms with E-state index in [1.54, 1.807) is 23.1 Å². The van der Waals surface area contributed by atoms with Crippen molar-refractivity contribution in [3.8, 4) is 0 Å². The van der Waals surface area contributed by atoms with E-state index < -0.39 is 31.2 Å². The van der Waals surface area contributed by atoms with Gasteiger partial charge in [-0.3, -0.25) is 4.79 Å². The van der Waals surface area contributed by atoms with E-state index in [1.807, 2.05) is 0 Å². The normalized spacial score (nSPS) is 27.3. The largest absolute Gasteiger partial charge is 0.338 e. The van der Waals surface area contributed by atoms with Gasteiger partial charge < -0.3 is 4.90 Å². The molecule has 3 rings (SSSR count). The quantitative estimate of drug-likeness (QED) is 0.737. The molecule has 0 spiro atoms. The van der Waals surface area contributed by atoms with Crippen LogP contribution in [-0.4, -0.2) is 68.6 Å². The fourth-order valence-corrected chi connectivity index (χ4v) is 7.20. The predicted octanol–water partition coefficient (Wildman–Crippen LogP) is 0.485. The van der Waals surface area contributed by atoms with Crippen LogP contribution < -0.4 is 0 Å². The van der Waals surface area contributed by atoms with Gasteiger partial charge in [-0.05, 0) is 25.0 Å². The summed E-state index contributed by atoms with van der Waals surface area (Å²) in [6.07, 6.45) is 0.540. The van der Waals surface area contributed by atoms with Gasteiger partial charge in [-0.25, -0.2) is 16.8 Å². The fraction of sp³-hybridized carbons (Fsp3) is 0.562. The molecule has 0 radical (unpaired) electrons. The third kappa shape index (κ3) is 3.45. The Morgan fingerprint density at radius 2 is 1.72 bits per heavy atom. The van der Waals surface area contributed by atoms with Crippen LogP contribution in [0.1, 0.15) is 19.8 Å². The lowest BCUT2D eigenvalue weighted by molar-refractivity contribution is -0.131. The molecular formula is C16H22N2O5S2. The van der Waals surface area contributed by atoms with Crippen LogP contribution >= 0.6 is 0 Å². The second-order valence-electron chi connectivity index (χ2n) is 6.48. The lowest BCUT2D eigenvalue weighted by Crippen LogP contribution is -2.56. The average Bonchev–Trinajstić information content (AvgIpc) is 2.80. The molecule has 2 saturated heterocycles. The van der Waals surface area contributed by atoms with Crippen molar-refractivity contribution >= 4 is 25.8 Å². The molecule has 0 unspecified atom stereocenters. The molecule has 1 amide bonds. The van der Waals surface area contributed by atoms with Gasteiger partial charge in [0, 0.05) is 32.6 Å². The second kappa shape index (κ2) is 6.69. The van der Waals surface area contributed by atoms with Gasteiger partial charge >= 0.3 is 0 Å². The highest BCUT2D eigenvalue weighted by atomic mass is 32.2. The summed E-state index contributed by atoms with van der Waals surface area (Å²) in [5.74, 6) is -0.219. The monoisotopic (exact) mass is 386 g/mol. The first-order chi connectivity index (χ1) is 11.7. The van der Waals surface area contributed by atoms with Gasteiger partial charge in [0.1, 0.15) is 0 Å². The van der Waals surface area contributed by atoms with Crippen LogP contribution in [0.15, 0.2) is 35.2 Å². The van der Waals surface area contributed by atoms with E-state index >= 15 is 0 Å². The summed E-state index contributed by atoms with van der Waals surface area (Å²) in [4.78, 5) is 13.7. The molecule has 0 aliphatic carbocycles. The van der Waals surface area contributed by atoms with Gasteiger partial charge in [0.15, 0.2) is 9.84 Å². The van der Waals surface area contributed by atoms with E-state index in [1.165, 1.54) is 23.4 Å². The summed E-state index contributed by atoms with van der Waals surface area (Å²) in [5.41, 5.74) is 0. The number of hydrogen-bond acceptors (Lipinski definition) is 5. The van der Waals surface area contributed by atoms with Crippen LogP contribution in [0.5, 0.6) is 0 Å². The molecule has 2 aliphatic heterocycles. The number of carbonyl (C=O) groups is 1. The molecule has 0 N–H and O–H groups in total. The van der Waals surface area contributed by atoms with E-state index in [-0.39, 0.29) is 42.6 Å². The number of carbonyl (C=O) groups excluding carboxylic acids is 1. The molecule has 1 aromatic rings. The Bertz CT molecular complexity index is 852. The Labute approximate surface area is 148 Å². The molecule has 2 aliphatic rings. The van der Waals surface area contributed by atoms with E-state index in [9.17, 15) is 21.6 Å². The minimum absolute atomic E-state index is 0.0564. The Kier molecular flexibility index (Phi) is 4.91. The van der Waals surface area contributed by atoms with Gasteiger partial charge in [-0.15, -0.1) is 0 Å². The number of rotatable bonds is 2. The van der Waals surface area contributed by atoms with Crippen LogP contribution in [0.2, 0.25) is 0 Å². The molecule has 7 nitrogen and oxygen atoms in total. The molecule has 138 valence electrons. The fourth-order valence-electron chi connectivity index (χ4n) is 3.73. The molecule has 0 aromatic heterocycles. The zero-order valence-electron chi connectivity index (χ0n) is 14.0. The smallest absolute Gasteiger partial charge is 0.243 e. The van der Waals surface area contributed by atoms with Crippen molar-refractivity contribution in [3.05, 3.63) is 30.3 Å². The average molecular weight is 386 g/mol. The molecule has 0 saturated carbocycles. The maximum atomic E-state index is 12.8. The maximum absolute atomic E-state index is 12.8. The Hall–Kier alpha value is -1.45. The maximum Gasteiger partial charge on any atom is 0.243 e. The molecular weight excluding hydrogens is 364 g/mol. The van der Waals surface area contributed by atoms with Crippen molar-refractivity contribution < 1.29 is 21.6 Å². The summed E-state index contributed by atoms with van der Waals surface area (Å²) in [5, 5.41) is -0.693. The van der Waals surface area contributed by atoms with Crippen LogP contribution in [0.4, 0.5) is 0 Å². The van der Waals surface area contributed by atoms with Crippen molar-refractivity contribution in [1.82, 2.24) is 9.21 Å². The second-order valence-corrected chi connectivity index (χ2v) is 10.8. The van der Waals surface area contributed by atoms with Crippen molar-refractivity contribution in [1.29, 1.82) is 0 Å². The first kappa shape index (κ1) is 18.3. The topological polar surface area (TPSA) is 91.8 Å². The van der Waals surface area contributed by atoms with Gasteiger partial charge in [-0.1, -0.05) is 18.2 Å². The summed E-state index contributed by atoms with van der Waals surface area (Å²) in [6, 6.07) is 7.68. The van der Waals surface area contributed by atoms with E-state index in [4.69, 9.17) is 0 Å². The first-order valence-electron chi connectivity index (χ1n) is 8.27. The van der Waals surface area contributed by atoms with Crippen molar-refractivity contribution in [2.24, 2.45) is 0 Å². The summed E-state index contributed by atoms with van der Waals surface area (Å²) in [7, 11) is -6.99. The van der Waals surface area contributed by atoms with E-state index in [2.05, 4.69) is 0 Å². The molecule has 0 bridgehead atoms. The van der Waals surface area contributed by atoms with Gasteiger partial charge in [0.05, 0.1) is 15.9 Å². The minimum Gasteiger partial charge on any atom is -0.338 e. The summed E-state index contributed by atoms with van der Waals surface area (Å²) in [6.45, 7) is 1.96. The van der Waals surface area contributed by atoms with Crippen molar-refractivity contribution in [3.63, 3.8) is 0 Å². The zero-order chi connectivity index (χ0) is 18.2. The Balaban J connectivity index is 1.89. The van der Waals surface area contributed by atoms with Gasteiger partial charge in [0.2, 0.25) is 15.9 Å². The SMILES string of the molecule is CC(=O)N1CCS(=O)(=O)[C@@H]2CCN(S(=O)(=O)c3ccccc3)CC[C@@H]21. The third-order valence-electron chi connectivity index (χ3n) is 5.03. The highest BCUT2D eigenvalue weighted by molar-refractivity contribution is 7.92. The first-order valence-corrected chi connectivity index (χ1v) is 11.4. The van der Waals surface area contributed by atoms with Crippen molar-refractivity contribution in [2.45, 2.75) is 36.0 Å². The summed E-state index contributed by atoms with van der Waals surface area (Å²) < 4.78 is 51.9. The highest BCUT2D eigenvalue weighted by Crippen LogP contribution is 2.30. The molecule has 2 heterocycles. The molecule has 2 atom stereocenters. The minimum atomic E-state index is -3.67.